The van der Waals surface area contributed by atoms with E-state index in [-0.39, 0.29) is 36.6 Å². The van der Waals surface area contributed by atoms with Gasteiger partial charge in [0.25, 0.3) is 0 Å². The van der Waals surface area contributed by atoms with E-state index in [9.17, 15) is 18.0 Å². The molecule has 0 unspecified atom stereocenters. The number of carbonyl (C=O) groups is 1. The van der Waals surface area contributed by atoms with E-state index >= 15 is 0 Å². The number of nitrogens with zero attached hydrogens (tertiary/aromatic N) is 1. The smallest absolute Gasteiger partial charge is 0.422 e. The maximum Gasteiger partial charge on any atom is 0.422 e. The average molecular weight is 390 g/mol. The van der Waals surface area contributed by atoms with E-state index < -0.39 is 12.8 Å². The molecule has 0 spiro atoms. The highest BCUT2D eigenvalue weighted by molar-refractivity contribution is 5.90. The van der Waals surface area contributed by atoms with Gasteiger partial charge in [-0.1, -0.05) is 0 Å². The molecule has 0 aliphatic carbocycles. The molecular weight excluding hydrogens is 370 g/mol. The quantitative estimate of drug-likeness (QED) is 0.811. The number of hydrogen-bond acceptors (Lipinski definition) is 4. The minimum Gasteiger partial charge on any atom is -0.468 e. The molecule has 10 heteroatoms. The summed E-state index contributed by atoms with van der Waals surface area (Å²) in [5.41, 5.74) is 0.443. The third-order valence-electron chi connectivity index (χ3n) is 3.34. The Morgan fingerprint density at radius 1 is 1.29 bits per heavy atom. The van der Waals surface area contributed by atoms with Crippen LogP contribution in [0.4, 0.5) is 18.9 Å². The monoisotopic (exact) mass is 389 g/mol. The van der Waals surface area contributed by atoms with Crippen molar-refractivity contribution in [3.63, 3.8) is 0 Å². The zero-order chi connectivity index (χ0) is 16.0. The second kappa shape index (κ2) is 10.6. The van der Waals surface area contributed by atoms with Gasteiger partial charge in [-0.3, -0.25) is 4.79 Å². The van der Waals surface area contributed by atoms with E-state index in [1.165, 1.54) is 18.3 Å². The molecule has 2 rings (SSSR count). The molecule has 1 amide bonds. The minimum atomic E-state index is -4.40. The van der Waals surface area contributed by atoms with Crippen molar-refractivity contribution in [1.82, 2.24) is 10.3 Å². The van der Waals surface area contributed by atoms with Gasteiger partial charge in [0.15, 0.2) is 6.61 Å². The van der Waals surface area contributed by atoms with Crippen molar-refractivity contribution in [3.05, 3.63) is 18.3 Å². The first-order chi connectivity index (χ1) is 10.4. The van der Waals surface area contributed by atoms with Gasteiger partial charge in [0.05, 0.1) is 11.9 Å². The van der Waals surface area contributed by atoms with Crippen LogP contribution in [0.2, 0.25) is 0 Å². The van der Waals surface area contributed by atoms with Crippen LogP contribution in [0.3, 0.4) is 0 Å². The summed E-state index contributed by atoms with van der Waals surface area (Å²) in [6.45, 7) is 0.455. The molecule has 1 aliphatic heterocycles. The van der Waals surface area contributed by atoms with E-state index in [2.05, 4.69) is 20.4 Å². The van der Waals surface area contributed by atoms with E-state index in [0.29, 0.717) is 18.0 Å². The van der Waals surface area contributed by atoms with Crippen molar-refractivity contribution in [2.24, 2.45) is 5.92 Å². The van der Waals surface area contributed by atoms with Gasteiger partial charge < -0.3 is 15.4 Å². The molecule has 138 valence electrons. The molecule has 24 heavy (non-hydrogen) atoms. The Labute approximate surface area is 150 Å². The van der Waals surface area contributed by atoms with Crippen molar-refractivity contribution < 1.29 is 22.7 Å². The van der Waals surface area contributed by atoms with Crippen LogP contribution in [0.5, 0.6) is 5.88 Å². The van der Waals surface area contributed by atoms with Gasteiger partial charge in [-0.05, 0) is 37.9 Å². The Morgan fingerprint density at radius 2 is 1.96 bits per heavy atom. The summed E-state index contributed by atoms with van der Waals surface area (Å²) >= 11 is 0. The second-order valence-electron chi connectivity index (χ2n) is 5.23. The number of aromatic nitrogens is 1. The number of amides is 1. The summed E-state index contributed by atoms with van der Waals surface area (Å²) < 4.78 is 40.5. The van der Waals surface area contributed by atoms with Crippen molar-refractivity contribution >= 4 is 36.4 Å². The first kappa shape index (κ1) is 22.8. The highest BCUT2D eigenvalue weighted by Gasteiger charge is 2.28. The Balaban J connectivity index is 0.00000264. The number of nitrogens with one attached hydrogen (secondary N) is 2. The lowest BCUT2D eigenvalue weighted by Crippen LogP contribution is -2.30. The van der Waals surface area contributed by atoms with Gasteiger partial charge in [-0.15, -0.1) is 24.8 Å². The standard InChI is InChI=1S/C14H18F3N3O2.2ClH/c15-14(16,17)9-22-13-2-1-11(8-19-13)20-12(21)7-10-3-5-18-6-4-10;;/h1-2,8,10,18H,3-7,9H2,(H,20,21);2*1H. The molecule has 0 bridgehead atoms. The Kier molecular flexibility index (Phi) is 10.0. The molecule has 1 aromatic rings. The third kappa shape index (κ3) is 8.56. The largest absolute Gasteiger partial charge is 0.468 e. The first-order valence-corrected chi connectivity index (χ1v) is 7.08. The van der Waals surface area contributed by atoms with Crippen LogP contribution >= 0.6 is 24.8 Å². The normalized spacial score (nSPS) is 15.0. The van der Waals surface area contributed by atoms with Crippen molar-refractivity contribution in [2.45, 2.75) is 25.4 Å². The molecule has 1 saturated heterocycles. The van der Waals surface area contributed by atoms with Crippen LogP contribution in [-0.2, 0) is 4.79 Å². The van der Waals surface area contributed by atoms with Gasteiger partial charge in [0, 0.05) is 12.5 Å². The maximum atomic E-state index is 12.0. The van der Waals surface area contributed by atoms with Gasteiger partial charge in [-0.2, -0.15) is 13.2 Å². The van der Waals surface area contributed by atoms with Gasteiger partial charge in [0.1, 0.15) is 0 Å². The van der Waals surface area contributed by atoms with Crippen molar-refractivity contribution in [1.29, 1.82) is 0 Å². The lowest BCUT2D eigenvalue weighted by atomic mass is 9.94. The number of hydrogen-bond donors (Lipinski definition) is 2. The SMILES string of the molecule is Cl.Cl.O=C(CC1CCNCC1)Nc1ccc(OCC(F)(F)F)nc1. The van der Waals surface area contributed by atoms with Gasteiger partial charge in [0.2, 0.25) is 11.8 Å². The number of halogens is 5. The number of piperidine rings is 1. The lowest BCUT2D eigenvalue weighted by molar-refractivity contribution is -0.154. The van der Waals surface area contributed by atoms with E-state index in [1.54, 1.807) is 0 Å². The van der Waals surface area contributed by atoms with Crippen LogP contribution in [0.15, 0.2) is 18.3 Å². The predicted octanol–water partition coefficient (Wildman–Crippen LogP) is 3.19. The van der Waals surface area contributed by atoms with Gasteiger partial charge in [-0.25, -0.2) is 4.98 Å². The lowest BCUT2D eigenvalue weighted by Gasteiger charge is -2.21. The van der Waals surface area contributed by atoms with Crippen molar-refractivity contribution in [3.8, 4) is 5.88 Å². The van der Waals surface area contributed by atoms with Crippen LogP contribution in [-0.4, -0.2) is 36.8 Å². The fourth-order valence-electron chi connectivity index (χ4n) is 2.26. The number of anilines is 1. The summed E-state index contributed by atoms with van der Waals surface area (Å²) in [6, 6.07) is 2.77. The summed E-state index contributed by atoms with van der Waals surface area (Å²) in [5, 5.41) is 5.92. The first-order valence-electron chi connectivity index (χ1n) is 7.08. The molecule has 0 aromatic carbocycles. The maximum absolute atomic E-state index is 12.0. The fourth-order valence-corrected chi connectivity index (χ4v) is 2.26. The van der Waals surface area contributed by atoms with Crippen LogP contribution in [0, 0.1) is 5.92 Å². The van der Waals surface area contributed by atoms with Gasteiger partial charge >= 0.3 is 6.18 Å². The summed E-state index contributed by atoms with van der Waals surface area (Å²) in [6.07, 6.45) is -0.741. The molecule has 1 aliphatic rings. The number of rotatable bonds is 5. The predicted molar refractivity (Wildman–Crippen MR) is 89.1 cm³/mol. The molecule has 0 radical (unpaired) electrons. The average Bonchev–Trinajstić information content (AvgIpc) is 2.47. The molecule has 1 fully saturated rings. The van der Waals surface area contributed by atoms with E-state index in [0.717, 1.165) is 25.9 Å². The van der Waals surface area contributed by atoms with Crippen LogP contribution in [0.25, 0.3) is 0 Å². The summed E-state index contributed by atoms with van der Waals surface area (Å²) in [4.78, 5) is 15.6. The molecule has 2 N–H and O–H groups in total. The molecular formula is C14H20Cl2F3N3O2. The van der Waals surface area contributed by atoms with Crippen LogP contribution < -0.4 is 15.4 Å². The summed E-state index contributed by atoms with van der Waals surface area (Å²) in [5.74, 6) is 0.120. The van der Waals surface area contributed by atoms with E-state index in [4.69, 9.17) is 0 Å². The molecule has 2 heterocycles. The topological polar surface area (TPSA) is 63.2 Å². The Morgan fingerprint density at radius 3 is 2.50 bits per heavy atom. The zero-order valence-corrected chi connectivity index (χ0v) is 14.4. The minimum absolute atomic E-state index is 0. The van der Waals surface area contributed by atoms with E-state index in [1.807, 2.05) is 0 Å². The zero-order valence-electron chi connectivity index (χ0n) is 12.8. The number of pyridine rings is 1. The third-order valence-corrected chi connectivity index (χ3v) is 3.34. The number of carbonyl (C=O) groups excluding carboxylic acids is 1. The van der Waals surface area contributed by atoms with Crippen LogP contribution in [0.1, 0.15) is 19.3 Å². The highest BCUT2D eigenvalue weighted by atomic mass is 35.5. The highest BCUT2D eigenvalue weighted by Crippen LogP contribution is 2.19. The fraction of sp³-hybridized carbons (Fsp3) is 0.571. The summed E-state index contributed by atoms with van der Waals surface area (Å²) in [7, 11) is 0. The van der Waals surface area contributed by atoms with Crippen molar-refractivity contribution in [2.75, 3.05) is 25.0 Å². The number of ether oxygens (including phenoxy) is 1. The number of alkyl halides is 3. The molecule has 0 saturated carbocycles. The molecule has 5 nitrogen and oxygen atoms in total. The molecule has 0 atom stereocenters. The Bertz CT molecular complexity index is 495. The Hall–Kier alpha value is -1.25. The second-order valence-corrected chi connectivity index (χ2v) is 5.23. The molecule has 1 aromatic heterocycles.